The summed E-state index contributed by atoms with van der Waals surface area (Å²) in [4.78, 5) is 0. The maximum Gasteiger partial charge on any atom is 0.129 e. The van der Waals surface area contributed by atoms with Crippen LogP contribution in [0, 0.1) is 0 Å². The van der Waals surface area contributed by atoms with Gasteiger partial charge < -0.3 is 14.5 Å². The molecule has 1 N–H and O–H groups in total. The Balaban J connectivity index is 1.76. The average molecular weight is 223 g/mol. The molecule has 1 aliphatic rings. The molecule has 16 heavy (non-hydrogen) atoms. The van der Waals surface area contributed by atoms with Gasteiger partial charge in [0.15, 0.2) is 0 Å². The van der Waals surface area contributed by atoms with Crippen molar-refractivity contribution >= 4 is 0 Å². The number of hydrogen-bond donors (Lipinski definition) is 1. The van der Waals surface area contributed by atoms with E-state index in [9.17, 15) is 0 Å². The van der Waals surface area contributed by atoms with E-state index in [1.165, 1.54) is 19.3 Å². The third-order valence-electron chi connectivity index (χ3n) is 3.37. The van der Waals surface area contributed by atoms with Crippen LogP contribution in [0.3, 0.4) is 0 Å². The van der Waals surface area contributed by atoms with E-state index in [0.29, 0.717) is 6.61 Å². The first-order chi connectivity index (χ1) is 7.85. The van der Waals surface area contributed by atoms with Crippen molar-refractivity contribution in [3.8, 4) is 0 Å². The molecule has 0 spiro atoms. The Bertz CT molecular complexity index is 291. The predicted molar refractivity (Wildman–Crippen MR) is 63.2 cm³/mol. The molecule has 0 aromatic carbocycles. The van der Waals surface area contributed by atoms with Crippen molar-refractivity contribution in [2.75, 3.05) is 13.1 Å². The lowest BCUT2D eigenvalue weighted by Gasteiger charge is -2.41. The molecule has 1 saturated carbocycles. The Morgan fingerprint density at radius 2 is 2.38 bits per heavy atom. The Labute approximate surface area is 97.2 Å². The molecule has 1 fully saturated rings. The van der Waals surface area contributed by atoms with Crippen LogP contribution >= 0.6 is 0 Å². The van der Waals surface area contributed by atoms with Crippen molar-refractivity contribution < 1.29 is 9.15 Å². The lowest BCUT2D eigenvalue weighted by molar-refractivity contribution is -0.118. The summed E-state index contributed by atoms with van der Waals surface area (Å²) in [6.45, 7) is 4.83. The highest BCUT2D eigenvalue weighted by Gasteiger charge is 2.37. The summed E-state index contributed by atoms with van der Waals surface area (Å²) in [6.07, 6.45) is 6.49. The zero-order chi connectivity index (χ0) is 11.3. The van der Waals surface area contributed by atoms with E-state index in [1.54, 1.807) is 6.26 Å². The first-order valence-corrected chi connectivity index (χ1v) is 6.22. The summed E-state index contributed by atoms with van der Waals surface area (Å²) in [5, 5.41) is 3.36. The van der Waals surface area contributed by atoms with Crippen LogP contribution in [0.15, 0.2) is 22.8 Å². The summed E-state index contributed by atoms with van der Waals surface area (Å²) >= 11 is 0. The summed E-state index contributed by atoms with van der Waals surface area (Å²) in [5.41, 5.74) is 0.120. The van der Waals surface area contributed by atoms with Crippen molar-refractivity contribution in [1.29, 1.82) is 0 Å². The maximum atomic E-state index is 6.02. The number of ether oxygens (including phenoxy) is 1. The van der Waals surface area contributed by atoms with Crippen molar-refractivity contribution in [2.45, 2.75) is 44.8 Å². The minimum absolute atomic E-state index is 0.120. The Kier molecular flexibility index (Phi) is 4.02. The molecule has 1 heterocycles. The van der Waals surface area contributed by atoms with E-state index < -0.39 is 0 Å². The van der Waals surface area contributed by atoms with Crippen LogP contribution in [0.25, 0.3) is 0 Å². The average Bonchev–Trinajstić information content (AvgIpc) is 2.73. The lowest BCUT2D eigenvalue weighted by Crippen LogP contribution is -2.42. The van der Waals surface area contributed by atoms with Gasteiger partial charge in [-0.1, -0.05) is 6.92 Å². The minimum atomic E-state index is 0.120. The third kappa shape index (κ3) is 2.86. The SMILES string of the molecule is CCNCCC1(OCc2ccco2)CCC1. The van der Waals surface area contributed by atoms with Crippen molar-refractivity contribution in [3.63, 3.8) is 0 Å². The summed E-state index contributed by atoms with van der Waals surface area (Å²) in [7, 11) is 0. The topological polar surface area (TPSA) is 34.4 Å². The predicted octanol–water partition coefficient (Wildman–Crippen LogP) is 2.72. The van der Waals surface area contributed by atoms with Gasteiger partial charge in [0, 0.05) is 0 Å². The van der Waals surface area contributed by atoms with Gasteiger partial charge in [0.05, 0.1) is 11.9 Å². The quantitative estimate of drug-likeness (QED) is 0.722. The second-order valence-electron chi connectivity index (χ2n) is 4.51. The first-order valence-electron chi connectivity index (χ1n) is 6.22. The van der Waals surface area contributed by atoms with E-state index in [1.807, 2.05) is 12.1 Å². The van der Waals surface area contributed by atoms with Crippen LogP contribution < -0.4 is 5.32 Å². The summed E-state index contributed by atoms with van der Waals surface area (Å²) in [6, 6.07) is 3.88. The van der Waals surface area contributed by atoms with Gasteiger partial charge in [-0.2, -0.15) is 0 Å². The molecule has 0 amide bonds. The number of rotatable bonds is 7. The van der Waals surface area contributed by atoms with Gasteiger partial charge in [-0.3, -0.25) is 0 Å². The molecule has 90 valence electrons. The van der Waals surface area contributed by atoms with Gasteiger partial charge >= 0.3 is 0 Å². The van der Waals surface area contributed by atoms with Crippen molar-refractivity contribution in [1.82, 2.24) is 5.32 Å². The fourth-order valence-corrected chi connectivity index (χ4v) is 2.15. The largest absolute Gasteiger partial charge is 0.467 e. The zero-order valence-electron chi connectivity index (χ0n) is 10.00. The Morgan fingerprint density at radius 1 is 1.50 bits per heavy atom. The number of furan rings is 1. The molecule has 3 nitrogen and oxygen atoms in total. The summed E-state index contributed by atoms with van der Waals surface area (Å²) in [5.74, 6) is 0.926. The molecule has 0 unspecified atom stereocenters. The second kappa shape index (κ2) is 5.51. The minimum Gasteiger partial charge on any atom is -0.467 e. The van der Waals surface area contributed by atoms with Crippen LogP contribution in [0.1, 0.15) is 38.4 Å². The third-order valence-corrected chi connectivity index (χ3v) is 3.37. The molecule has 0 atom stereocenters. The highest BCUT2D eigenvalue weighted by molar-refractivity contribution is 4.98. The highest BCUT2D eigenvalue weighted by atomic mass is 16.5. The van der Waals surface area contributed by atoms with Gasteiger partial charge in [0.1, 0.15) is 12.4 Å². The number of hydrogen-bond acceptors (Lipinski definition) is 3. The molecule has 1 aliphatic carbocycles. The summed E-state index contributed by atoms with van der Waals surface area (Å²) < 4.78 is 11.3. The van der Waals surface area contributed by atoms with Gasteiger partial charge in [-0.05, 0) is 50.9 Å². The lowest BCUT2D eigenvalue weighted by atomic mass is 9.77. The monoisotopic (exact) mass is 223 g/mol. The second-order valence-corrected chi connectivity index (χ2v) is 4.51. The van der Waals surface area contributed by atoms with Gasteiger partial charge in [-0.15, -0.1) is 0 Å². The van der Waals surface area contributed by atoms with E-state index in [4.69, 9.17) is 9.15 Å². The van der Waals surface area contributed by atoms with E-state index >= 15 is 0 Å². The fraction of sp³-hybridized carbons (Fsp3) is 0.692. The van der Waals surface area contributed by atoms with Crippen LogP contribution in [0.5, 0.6) is 0 Å². The van der Waals surface area contributed by atoms with E-state index in [2.05, 4.69) is 12.2 Å². The molecular formula is C13H21NO2. The molecular weight excluding hydrogens is 202 g/mol. The molecule has 0 radical (unpaired) electrons. The van der Waals surface area contributed by atoms with Crippen LogP contribution in [-0.2, 0) is 11.3 Å². The standard InChI is InChI=1S/C13H21NO2/c1-2-14-9-8-13(6-4-7-13)16-11-12-5-3-10-15-12/h3,5,10,14H,2,4,6-9,11H2,1H3. The molecule has 2 rings (SSSR count). The van der Waals surface area contributed by atoms with E-state index in [-0.39, 0.29) is 5.60 Å². The van der Waals surface area contributed by atoms with E-state index in [0.717, 1.165) is 25.3 Å². The molecule has 0 saturated heterocycles. The smallest absolute Gasteiger partial charge is 0.129 e. The molecule has 0 bridgehead atoms. The molecule has 1 aromatic heterocycles. The van der Waals surface area contributed by atoms with Gasteiger partial charge in [0.25, 0.3) is 0 Å². The molecule has 3 heteroatoms. The van der Waals surface area contributed by atoms with Crippen LogP contribution in [0.4, 0.5) is 0 Å². The fourth-order valence-electron chi connectivity index (χ4n) is 2.15. The van der Waals surface area contributed by atoms with Crippen molar-refractivity contribution in [3.05, 3.63) is 24.2 Å². The number of nitrogens with one attached hydrogen (secondary N) is 1. The van der Waals surface area contributed by atoms with Crippen LogP contribution in [-0.4, -0.2) is 18.7 Å². The van der Waals surface area contributed by atoms with Crippen molar-refractivity contribution in [2.24, 2.45) is 0 Å². The molecule has 0 aliphatic heterocycles. The van der Waals surface area contributed by atoms with Gasteiger partial charge in [0.2, 0.25) is 0 Å². The van der Waals surface area contributed by atoms with Crippen LogP contribution in [0.2, 0.25) is 0 Å². The Morgan fingerprint density at radius 3 is 2.94 bits per heavy atom. The molecule has 1 aromatic rings. The highest BCUT2D eigenvalue weighted by Crippen LogP contribution is 2.39. The van der Waals surface area contributed by atoms with Gasteiger partial charge in [-0.25, -0.2) is 0 Å². The Hall–Kier alpha value is -0.800. The first kappa shape index (κ1) is 11.7. The maximum absolute atomic E-state index is 6.02. The normalized spacial score (nSPS) is 18.3. The zero-order valence-corrected chi connectivity index (χ0v) is 10.00.